The highest BCUT2D eigenvalue weighted by molar-refractivity contribution is 7.16. The average Bonchev–Trinajstić information content (AvgIpc) is 3.73. The molecule has 0 amide bonds. The van der Waals surface area contributed by atoms with Crippen molar-refractivity contribution in [1.29, 1.82) is 0 Å². The average molecular weight is 518 g/mol. The number of rotatable bonds is 8. The lowest BCUT2D eigenvalue weighted by Crippen LogP contribution is -2.50. The fourth-order valence-electron chi connectivity index (χ4n) is 5.28. The van der Waals surface area contributed by atoms with Gasteiger partial charge in [0.2, 0.25) is 0 Å². The van der Waals surface area contributed by atoms with E-state index >= 15 is 0 Å². The fraction of sp³-hybridized carbons (Fsp3) is 0.700. The molecule has 5 atom stereocenters. The van der Waals surface area contributed by atoms with Crippen molar-refractivity contribution in [2.75, 3.05) is 32.8 Å². The molecule has 3 fully saturated rings. The summed E-state index contributed by atoms with van der Waals surface area (Å²) in [4.78, 5) is 10.5. The second-order valence-corrected chi connectivity index (χ2v) is 12.1. The highest BCUT2D eigenvalue weighted by Crippen LogP contribution is 2.36. The molecule has 1 aromatic carbocycles. The lowest BCUT2D eigenvalue weighted by Gasteiger charge is -2.42. The molecule has 5 nitrogen and oxygen atoms in total. The van der Waals surface area contributed by atoms with Crippen molar-refractivity contribution in [2.24, 2.45) is 11.8 Å². The van der Waals surface area contributed by atoms with Crippen molar-refractivity contribution in [3.63, 3.8) is 0 Å². The van der Waals surface area contributed by atoms with E-state index in [1.807, 2.05) is 13.8 Å². The Morgan fingerprint density at radius 3 is 2.28 bits per heavy atom. The fourth-order valence-corrected chi connectivity index (χ4v) is 5.68. The molecular formula is C30H52N3O2P. The Hall–Kier alpha value is -1.26. The number of aliphatic hydroxyl groups is 1. The molecule has 1 heterocycles. The van der Waals surface area contributed by atoms with E-state index in [-0.39, 0.29) is 12.1 Å². The van der Waals surface area contributed by atoms with E-state index in [0.29, 0.717) is 5.54 Å². The highest BCUT2D eigenvalue weighted by Gasteiger charge is 2.33. The number of carbonyl (C=O) groups excluding carboxylic acids is 1. The number of carbonyl (C=O) groups is 1. The van der Waals surface area contributed by atoms with Crippen LogP contribution in [0.15, 0.2) is 41.6 Å². The molecule has 0 spiro atoms. The van der Waals surface area contributed by atoms with Crippen LogP contribution < -0.4 is 10.6 Å². The van der Waals surface area contributed by atoms with Gasteiger partial charge in [-0.3, -0.25) is 0 Å². The number of β-amino-alcohol motifs (C(OH)–C–C–N with tert-alkyl or cyclic N) is 1. The van der Waals surface area contributed by atoms with E-state index in [1.54, 1.807) is 5.57 Å². The van der Waals surface area contributed by atoms with E-state index in [1.165, 1.54) is 62.8 Å². The number of hydrogen-bond donors (Lipinski definition) is 3. The van der Waals surface area contributed by atoms with Crippen molar-refractivity contribution >= 4 is 16.0 Å². The van der Waals surface area contributed by atoms with Crippen LogP contribution in [0.2, 0.25) is 0 Å². The van der Waals surface area contributed by atoms with E-state index < -0.39 is 0 Å². The Balaban J connectivity index is 0.000000502. The topological polar surface area (TPSA) is 64.6 Å². The van der Waals surface area contributed by atoms with Gasteiger partial charge in [-0.2, -0.15) is 0 Å². The molecule has 0 bridgehead atoms. The summed E-state index contributed by atoms with van der Waals surface area (Å²) in [7, 11) is 4.82. The second-order valence-electron chi connectivity index (χ2n) is 11.6. The van der Waals surface area contributed by atoms with Gasteiger partial charge in [0.05, 0.1) is 12.1 Å². The first-order chi connectivity index (χ1) is 17.3. The molecule has 2 saturated carbocycles. The molecule has 3 N–H and O–H groups in total. The predicted molar refractivity (Wildman–Crippen MR) is 156 cm³/mol. The molecule has 0 aromatic heterocycles. The summed E-state index contributed by atoms with van der Waals surface area (Å²) in [6.07, 6.45) is 10.9. The van der Waals surface area contributed by atoms with Gasteiger partial charge in [0.15, 0.2) is 0 Å². The van der Waals surface area contributed by atoms with Crippen LogP contribution in [0.4, 0.5) is 0 Å². The van der Waals surface area contributed by atoms with Crippen LogP contribution in [-0.2, 0) is 11.2 Å². The zero-order valence-corrected chi connectivity index (χ0v) is 24.4. The summed E-state index contributed by atoms with van der Waals surface area (Å²) < 4.78 is 0. The number of piperidine rings is 1. The third-order valence-electron chi connectivity index (χ3n) is 7.82. The normalized spacial score (nSPS) is 23.1. The summed E-state index contributed by atoms with van der Waals surface area (Å²) in [5.74, 6) is 1.81. The molecular weight excluding hydrogens is 465 g/mol. The van der Waals surface area contributed by atoms with Crippen molar-refractivity contribution in [2.45, 2.75) is 89.8 Å². The molecule has 5 unspecified atom stereocenters. The van der Waals surface area contributed by atoms with Crippen molar-refractivity contribution in [3.05, 3.63) is 47.2 Å². The quantitative estimate of drug-likeness (QED) is 0.432. The number of aliphatic hydroxyl groups excluding tert-OH is 1. The standard InChI is InChI=1S/C24H37N2OP.C5H13N.CH2O/c27-24(16-26-13-12-19-8-4-5-9-21(19)15-26)22(14-18-6-2-1-3-7-18)25-23(17-28)20-10-11-20;1-5(2,3)6-4;1-2/h1-3,6-7,19,21-22,24-25,27H,4-5,8-17,28H2;6H,1-4H3;1H2. The van der Waals surface area contributed by atoms with Crippen molar-refractivity contribution in [3.8, 4) is 0 Å². The number of allylic oxidation sites excluding steroid dienone is 2. The number of fused-ring (bicyclic) bond motifs is 1. The van der Waals surface area contributed by atoms with Crippen LogP contribution in [0.3, 0.4) is 0 Å². The summed E-state index contributed by atoms with van der Waals surface area (Å²) in [6.45, 7) is 11.5. The number of nitrogens with zero attached hydrogens (tertiary/aromatic N) is 1. The molecule has 1 aliphatic heterocycles. The van der Waals surface area contributed by atoms with E-state index in [4.69, 9.17) is 4.79 Å². The molecule has 36 heavy (non-hydrogen) atoms. The number of hydrogen-bond acceptors (Lipinski definition) is 5. The van der Waals surface area contributed by atoms with Gasteiger partial charge in [-0.05, 0) is 83.9 Å². The Bertz CT molecular complexity index is 774. The smallest absolute Gasteiger partial charge is 0.106 e. The van der Waals surface area contributed by atoms with Gasteiger partial charge in [-0.15, -0.1) is 9.24 Å². The molecule has 0 radical (unpaired) electrons. The largest absolute Gasteiger partial charge is 0.390 e. The van der Waals surface area contributed by atoms with Crippen LogP contribution in [0.5, 0.6) is 0 Å². The minimum atomic E-state index is -0.341. The van der Waals surface area contributed by atoms with Crippen molar-refractivity contribution < 1.29 is 9.90 Å². The second kappa shape index (κ2) is 15.9. The predicted octanol–water partition coefficient (Wildman–Crippen LogP) is 4.80. The van der Waals surface area contributed by atoms with Crippen LogP contribution in [0.1, 0.15) is 71.3 Å². The van der Waals surface area contributed by atoms with Gasteiger partial charge in [0.25, 0.3) is 0 Å². The van der Waals surface area contributed by atoms with E-state index in [9.17, 15) is 5.11 Å². The van der Waals surface area contributed by atoms with Crippen LogP contribution in [0, 0.1) is 11.8 Å². The summed E-state index contributed by atoms with van der Waals surface area (Å²) in [5, 5.41) is 18.1. The number of benzene rings is 1. The minimum Gasteiger partial charge on any atom is -0.390 e. The van der Waals surface area contributed by atoms with Gasteiger partial charge >= 0.3 is 0 Å². The molecule has 4 rings (SSSR count). The lowest BCUT2D eigenvalue weighted by atomic mass is 9.75. The Morgan fingerprint density at radius 1 is 1.11 bits per heavy atom. The zero-order valence-electron chi connectivity index (χ0n) is 23.3. The maximum absolute atomic E-state index is 11.2. The first-order valence-corrected chi connectivity index (χ1v) is 14.7. The lowest BCUT2D eigenvalue weighted by molar-refractivity contribution is -0.0980. The molecule has 2 aliphatic carbocycles. The number of nitrogens with one attached hydrogen (secondary N) is 2. The Labute approximate surface area is 223 Å². The summed E-state index contributed by atoms with van der Waals surface area (Å²) in [6, 6.07) is 10.7. The maximum Gasteiger partial charge on any atom is 0.106 e. The van der Waals surface area contributed by atoms with Gasteiger partial charge in [0, 0.05) is 30.5 Å². The monoisotopic (exact) mass is 517 g/mol. The first-order valence-electron chi connectivity index (χ1n) is 13.9. The minimum absolute atomic E-state index is 0.0788. The molecule has 204 valence electrons. The number of likely N-dealkylation sites (tertiary alicyclic amines) is 1. The van der Waals surface area contributed by atoms with Gasteiger partial charge in [0.1, 0.15) is 6.79 Å². The van der Waals surface area contributed by atoms with E-state index in [0.717, 1.165) is 37.5 Å². The zero-order chi connectivity index (χ0) is 26.6. The Kier molecular flexibility index (Phi) is 13.6. The Morgan fingerprint density at radius 2 is 1.72 bits per heavy atom. The molecule has 3 aliphatic rings. The van der Waals surface area contributed by atoms with Gasteiger partial charge in [-0.25, -0.2) is 0 Å². The third kappa shape index (κ3) is 11.0. The molecule has 6 heteroatoms. The maximum atomic E-state index is 11.2. The highest BCUT2D eigenvalue weighted by atomic mass is 31.0. The van der Waals surface area contributed by atoms with Crippen LogP contribution in [-0.4, -0.2) is 67.3 Å². The first kappa shape index (κ1) is 31.0. The third-order valence-corrected chi connectivity index (χ3v) is 8.23. The van der Waals surface area contributed by atoms with Crippen LogP contribution >= 0.6 is 9.24 Å². The van der Waals surface area contributed by atoms with Crippen molar-refractivity contribution in [1.82, 2.24) is 15.5 Å². The van der Waals surface area contributed by atoms with Crippen LogP contribution in [0.25, 0.3) is 0 Å². The van der Waals surface area contributed by atoms with E-state index in [2.05, 4.69) is 75.9 Å². The van der Waals surface area contributed by atoms with Gasteiger partial charge in [-0.1, -0.05) is 55.2 Å². The SMILES string of the molecule is C=O.CNC(C)(C)C.OC(CN1CCC2CCCCC2C1)C(Cc1ccccc1)NC(CP)=C1CC1. The summed E-state index contributed by atoms with van der Waals surface area (Å²) in [5.41, 5.74) is 4.48. The molecule has 1 saturated heterocycles. The molecule has 1 aromatic rings. The van der Waals surface area contributed by atoms with Gasteiger partial charge < -0.3 is 25.4 Å². The summed E-state index contributed by atoms with van der Waals surface area (Å²) >= 11 is 0.